The maximum atomic E-state index is 11.5. The normalized spacial score (nSPS) is 22.6. The van der Waals surface area contributed by atoms with Crippen LogP contribution < -0.4 is 10.6 Å². The van der Waals surface area contributed by atoms with Crippen molar-refractivity contribution < 1.29 is 9.90 Å². The van der Waals surface area contributed by atoms with Crippen LogP contribution in [0.1, 0.15) is 19.9 Å². The molecule has 1 aromatic heterocycles. The monoisotopic (exact) mass is 418 g/mol. The van der Waals surface area contributed by atoms with Gasteiger partial charge in [0.25, 0.3) is 0 Å². The molecule has 2 unspecified atom stereocenters. The number of thioether (sulfide) groups is 1. The Labute approximate surface area is 175 Å². The summed E-state index contributed by atoms with van der Waals surface area (Å²) in [5.74, 6) is -0.492. The zero-order valence-corrected chi connectivity index (χ0v) is 18.0. The SMILES string of the molecule is C=CCN1C[C@@H](C)N(c2cccc3c2nnn3C(CSC)C(N)C(=O)O)C[C@@H]1C. The highest BCUT2D eigenvalue weighted by Gasteiger charge is 2.32. The van der Waals surface area contributed by atoms with Crippen LogP contribution in [0.15, 0.2) is 30.9 Å². The minimum absolute atomic E-state index is 0.310. The molecule has 0 aliphatic carbocycles. The predicted octanol–water partition coefficient (Wildman–Crippen LogP) is 1.83. The van der Waals surface area contributed by atoms with Gasteiger partial charge in [0.1, 0.15) is 11.6 Å². The van der Waals surface area contributed by atoms with Crippen molar-refractivity contribution in [3.8, 4) is 0 Å². The van der Waals surface area contributed by atoms with Gasteiger partial charge in [-0.15, -0.1) is 11.7 Å². The Kier molecular flexibility index (Phi) is 6.81. The Morgan fingerprint density at radius 3 is 2.83 bits per heavy atom. The molecule has 0 spiro atoms. The van der Waals surface area contributed by atoms with Gasteiger partial charge in [0.15, 0.2) is 0 Å². The molecule has 1 aliphatic rings. The van der Waals surface area contributed by atoms with Crippen LogP contribution >= 0.6 is 11.8 Å². The summed E-state index contributed by atoms with van der Waals surface area (Å²) >= 11 is 1.54. The minimum Gasteiger partial charge on any atom is -0.480 e. The van der Waals surface area contributed by atoms with Crippen molar-refractivity contribution in [1.82, 2.24) is 19.9 Å². The second kappa shape index (κ2) is 9.15. The second-order valence-electron chi connectivity index (χ2n) is 7.66. The molecule has 1 aromatic carbocycles. The van der Waals surface area contributed by atoms with E-state index in [4.69, 9.17) is 5.73 Å². The number of fused-ring (bicyclic) bond motifs is 1. The Balaban J connectivity index is 1.98. The second-order valence-corrected chi connectivity index (χ2v) is 8.57. The van der Waals surface area contributed by atoms with Gasteiger partial charge in [-0.2, -0.15) is 11.8 Å². The molecule has 1 fully saturated rings. The van der Waals surface area contributed by atoms with Crippen LogP contribution in [0.2, 0.25) is 0 Å². The fourth-order valence-corrected chi connectivity index (χ4v) is 4.73. The van der Waals surface area contributed by atoms with Crippen molar-refractivity contribution >= 4 is 34.5 Å². The molecule has 3 rings (SSSR count). The molecule has 1 saturated heterocycles. The zero-order chi connectivity index (χ0) is 21.1. The summed E-state index contributed by atoms with van der Waals surface area (Å²) in [7, 11) is 0. The maximum Gasteiger partial charge on any atom is 0.322 e. The molecule has 8 nitrogen and oxygen atoms in total. The van der Waals surface area contributed by atoms with Crippen LogP contribution in [0.5, 0.6) is 0 Å². The molecule has 29 heavy (non-hydrogen) atoms. The number of hydrogen-bond acceptors (Lipinski definition) is 7. The van der Waals surface area contributed by atoms with Gasteiger partial charge >= 0.3 is 5.97 Å². The van der Waals surface area contributed by atoms with Crippen LogP contribution in [-0.2, 0) is 4.79 Å². The summed E-state index contributed by atoms with van der Waals surface area (Å²) in [6.45, 7) is 11.0. The number of nitrogens with zero attached hydrogens (tertiary/aromatic N) is 5. The van der Waals surface area contributed by atoms with E-state index in [1.165, 1.54) is 0 Å². The smallest absolute Gasteiger partial charge is 0.322 e. The Morgan fingerprint density at radius 1 is 1.41 bits per heavy atom. The Hall–Kier alpha value is -2.10. The quantitative estimate of drug-likeness (QED) is 0.626. The number of aromatic nitrogens is 3. The molecule has 0 amide bonds. The van der Waals surface area contributed by atoms with E-state index in [1.54, 1.807) is 16.4 Å². The fraction of sp³-hybridized carbons (Fsp3) is 0.550. The first-order valence-corrected chi connectivity index (χ1v) is 11.2. The van der Waals surface area contributed by atoms with E-state index < -0.39 is 18.1 Å². The molecule has 0 radical (unpaired) electrons. The molecule has 2 heterocycles. The molecule has 0 bridgehead atoms. The van der Waals surface area contributed by atoms with E-state index in [0.29, 0.717) is 17.8 Å². The molecule has 1 aliphatic heterocycles. The number of piperazine rings is 1. The van der Waals surface area contributed by atoms with Gasteiger partial charge in [-0.05, 0) is 32.2 Å². The minimum atomic E-state index is -1.04. The Bertz CT molecular complexity index is 872. The molecule has 3 N–H and O–H groups in total. The molecule has 158 valence electrons. The molecule has 2 aromatic rings. The number of carboxylic acid groups (broad SMARTS) is 1. The average molecular weight is 419 g/mol. The molecule has 0 saturated carbocycles. The predicted molar refractivity (Wildman–Crippen MR) is 119 cm³/mol. The lowest BCUT2D eigenvalue weighted by molar-refractivity contribution is -0.139. The zero-order valence-electron chi connectivity index (χ0n) is 17.2. The summed E-state index contributed by atoms with van der Waals surface area (Å²) in [6, 6.07) is 5.16. The van der Waals surface area contributed by atoms with Crippen LogP contribution in [0.25, 0.3) is 11.0 Å². The van der Waals surface area contributed by atoms with Crippen LogP contribution in [0, 0.1) is 0 Å². The number of carbonyl (C=O) groups is 1. The summed E-state index contributed by atoms with van der Waals surface area (Å²) in [6.07, 6.45) is 3.88. The average Bonchev–Trinajstić information content (AvgIpc) is 3.12. The van der Waals surface area contributed by atoms with Gasteiger partial charge in [-0.25, -0.2) is 4.68 Å². The highest BCUT2D eigenvalue weighted by atomic mass is 32.2. The van der Waals surface area contributed by atoms with Gasteiger partial charge < -0.3 is 15.7 Å². The number of benzene rings is 1. The van der Waals surface area contributed by atoms with E-state index in [0.717, 1.165) is 36.4 Å². The van der Waals surface area contributed by atoms with Crippen molar-refractivity contribution in [1.29, 1.82) is 0 Å². The van der Waals surface area contributed by atoms with Crippen molar-refractivity contribution in [2.75, 3.05) is 36.5 Å². The molecule has 9 heteroatoms. The summed E-state index contributed by atoms with van der Waals surface area (Å²) in [5, 5.41) is 18.2. The van der Waals surface area contributed by atoms with Crippen LogP contribution in [-0.4, -0.2) is 80.7 Å². The van der Waals surface area contributed by atoms with Gasteiger partial charge in [-0.3, -0.25) is 9.69 Å². The lowest BCUT2D eigenvalue weighted by Crippen LogP contribution is -2.56. The van der Waals surface area contributed by atoms with Crippen molar-refractivity contribution in [3.63, 3.8) is 0 Å². The number of hydrogen-bond donors (Lipinski definition) is 2. The summed E-state index contributed by atoms with van der Waals surface area (Å²) < 4.78 is 1.68. The van der Waals surface area contributed by atoms with Crippen molar-refractivity contribution in [2.45, 2.75) is 38.0 Å². The molecular weight excluding hydrogens is 388 g/mol. The van der Waals surface area contributed by atoms with E-state index in [2.05, 4.69) is 46.6 Å². The number of nitrogens with two attached hydrogens (primary N) is 1. The summed E-state index contributed by atoms with van der Waals surface area (Å²) in [4.78, 5) is 16.3. The van der Waals surface area contributed by atoms with E-state index in [-0.39, 0.29) is 0 Å². The van der Waals surface area contributed by atoms with Crippen molar-refractivity contribution in [2.24, 2.45) is 5.73 Å². The number of carboxylic acids is 1. The molecule has 4 atom stereocenters. The summed E-state index contributed by atoms with van der Waals surface area (Å²) in [5.41, 5.74) is 8.59. The van der Waals surface area contributed by atoms with E-state index in [1.807, 2.05) is 24.5 Å². The first kappa shape index (κ1) is 21.6. The first-order chi connectivity index (χ1) is 13.9. The highest BCUT2D eigenvalue weighted by Crippen LogP contribution is 2.31. The van der Waals surface area contributed by atoms with Gasteiger partial charge in [0.2, 0.25) is 0 Å². The van der Waals surface area contributed by atoms with Gasteiger partial charge in [0.05, 0.1) is 17.2 Å². The number of aliphatic carboxylic acids is 1. The first-order valence-electron chi connectivity index (χ1n) is 9.81. The number of anilines is 1. The lowest BCUT2D eigenvalue weighted by atomic mass is 10.1. The third-order valence-electron chi connectivity index (χ3n) is 5.62. The highest BCUT2D eigenvalue weighted by molar-refractivity contribution is 7.98. The van der Waals surface area contributed by atoms with Crippen LogP contribution in [0.3, 0.4) is 0 Å². The standard InChI is InChI=1S/C20H30N6O2S/c1-5-9-24-10-14(3)25(11-13(24)2)15-7-6-8-16-19(15)22-23-26(16)17(12-29-4)18(21)20(27)28/h5-8,13-14,17-18H,1,9-12,21H2,2-4H3,(H,27,28)/t13-,14+,17?,18?/m0/s1. The lowest BCUT2D eigenvalue weighted by Gasteiger charge is -2.45. The van der Waals surface area contributed by atoms with Crippen LogP contribution in [0.4, 0.5) is 5.69 Å². The van der Waals surface area contributed by atoms with Crippen molar-refractivity contribution in [3.05, 3.63) is 30.9 Å². The van der Waals surface area contributed by atoms with E-state index in [9.17, 15) is 9.90 Å². The van der Waals surface area contributed by atoms with E-state index >= 15 is 0 Å². The topological polar surface area (TPSA) is 101 Å². The Morgan fingerprint density at radius 2 is 2.17 bits per heavy atom. The maximum absolute atomic E-state index is 11.5. The molecular formula is C20H30N6O2S. The van der Waals surface area contributed by atoms with Gasteiger partial charge in [0, 0.05) is 37.5 Å². The van der Waals surface area contributed by atoms with Gasteiger partial charge in [-0.1, -0.05) is 17.4 Å². The third kappa shape index (κ3) is 4.26. The number of rotatable bonds is 8. The fourth-order valence-electron chi connectivity index (χ4n) is 4.04. The third-order valence-corrected chi connectivity index (χ3v) is 6.30. The largest absolute Gasteiger partial charge is 0.480 e.